The van der Waals surface area contributed by atoms with Crippen LogP contribution >= 0.6 is 0 Å². The molecule has 4 heteroatoms. The molecule has 1 heterocycles. The van der Waals surface area contributed by atoms with Crippen LogP contribution in [0.2, 0.25) is 0 Å². The van der Waals surface area contributed by atoms with Gasteiger partial charge in [-0.3, -0.25) is 4.98 Å². The minimum atomic E-state index is 0.551. The van der Waals surface area contributed by atoms with E-state index in [1.165, 1.54) is 0 Å². The number of hydrogen-bond acceptors (Lipinski definition) is 4. The van der Waals surface area contributed by atoms with Gasteiger partial charge in [-0.05, 0) is 13.8 Å². The third-order valence-electron chi connectivity index (χ3n) is 1.75. The van der Waals surface area contributed by atoms with Gasteiger partial charge < -0.3 is 10.1 Å². The van der Waals surface area contributed by atoms with Gasteiger partial charge in [-0.15, -0.1) is 6.58 Å². The maximum absolute atomic E-state index is 5.43. The van der Waals surface area contributed by atoms with Crippen molar-refractivity contribution in [2.45, 2.75) is 20.3 Å². The highest BCUT2D eigenvalue weighted by Crippen LogP contribution is 2.09. The zero-order chi connectivity index (χ0) is 11.1. The Bertz CT molecular complexity index is 325. The lowest BCUT2D eigenvalue weighted by molar-refractivity contribution is 0.308. The monoisotopic (exact) mass is 207 g/mol. The van der Waals surface area contributed by atoms with Crippen molar-refractivity contribution in [2.75, 3.05) is 18.5 Å². The molecule has 0 atom stereocenters. The standard InChI is InChI=1S/C11H17N3O/c1-4-13-10-7-12-8-11(14-10)15-6-5-9(2)3/h7-8H,2,4-6H2,1,3H3,(H,13,14). The molecule has 0 amide bonds. The Hall–Kier alpha value is -1.58. The first kappa shape index (κ1) is 11.5. The molecule has 0 bridgehead atoms. The summed E-state index contributed by atoms with van der Waals surface area (Å²) in [7, 11) is 0. The third kappa shape index (κ3) is 4.44. The van der Waals surface area contributed by atoms with Gasteiger partial charge in [-0.1, -0.05) is 5.57 Å². The van der Waals surface area contributed by atoms with E-state index in [-0.39, 0.29) is 0 Å². The first-order valence-electron chi connectivity index (χ1n) is 5.05. The molecule has 1 rings (SSSR count). The molecule has 1 aromatic heterocycles. The van der Waals surface area contributed by atoms with Crippen LogP contribution in [0, 0.1) is 0 Å². The van der Waals surface area contributed by atoms with E-state index in [0.29, 0.717) is 12.5 Å². The van der Waals surface area contributed by atoms with Gasteiger partial charge in [0.1, 0.15) is 5.82 Å². The number of aromatic nitrogens is 2. The molecule has 0 aromatic carbocycles. The molecule has 0 spiro atoms. The highest BCUT2D eigenvalue weighted by Gasteiger charge is 1.98. The molecule has 82 valence electrons. The first-order valence-corrected chi connectivity index (χ1v) is 5.05. The van der Waals surface area contributed by atoms with E-state index < -0.39 is 0 Å². The zero-order valence-electron chi connectivity index (χ0n) is 9.29. The lowest BCUT2D eigenvalue weighted by Gasteiger charge is -2.06. The maximum Gasteiger partial charge on any atom is 0.234 e. The summed E-state index contributed by atoms with van der Waals surface area (Å²) in [5.41, 5.74) is 1.10. The van der Waals surface area contributed by atoms with Gasteiger partial charge in [-0.25, -0.2) is 0 Å². The summed E-state index contributed by atoms with van der Waals surface area (Å²) >= 11 is 0. The number of hydrogen-bond donors (Lipinski definition) is 1. The van der Waals surface area contributed by atoms with Crippen molar-refractivity contribution in [1.29, 1.82) is 0 Å². The molecule has 0 aliphatic heterocycles. The van der Waals surface area contributed by atoms with E-state index in [1.54, 1.807) is 12.4 Å². The number of ether oxygens (including phenoxy) is 1. The van der Waals surface area contributed by atoms with Crippen LogP contribution in [0.5, 0.6) is 5.88 Å². The quantitative estimate of drug-likeness (QED) is 0.727. The summed E-state index contributed by atoms with van der Waals surface area (Å²) in [6.07, 6.45) is 4.13. The molecule has 0 unspecified atom stereocenters. The predicted molar refractivity (Wildman–Crippen MR) is 61.1 cm³/mol. The number of rotatable bonds is 6. The molecule has 4 nitrogen and oxygen atoms in total. The molecule has 0 aliphatic carbocycles. The van der Waals surface area contributed by atoms with Crippen molar-refractivity contribution >= 4 is 5.82 Å². The molecule has 0 aliphatic rings. The fourth-order valence-corrected chi connectivity index (χ4v) is 1.01. The molecule has 0 radical (unpaired) electrons. The molecular weight excluding hydrogens is 190 g/mol. The second-order valence-corrected chi connectivity index (χ2v) is 3.33. The van der Waals surface area contributed by atoms with Crippen molar-refractivity contribution in [1.82, 2.24) is 9.97 Å². The Morgan fingerprint density at radius 1 is 1.53 bits per heavy atom. The fraction of sp³-hybridized carbons (Fsp3) is 0.455. The highest BCUT2D eigenvalue weighted by molar-refractivity contribution is 5.32. The second kappa shape index (κ2) is 6.01. The molecule has 0 saturated heterocycles. The molecule has 15 heavy (non-hydrogen) atoms. The van der Waals surface area contributed by atoms with Crippen LogP contribution in [-0.4, -0.2) is 23.1 Å². The smallest absolute Gasteiger partial charge is 0.234 e. The van der Waals surface area contributed by atoms with Crippen LogP contribution in [-0.2, 0) is 0 Å². The van der Waals surface area contributed by atoms with E-state index in [1.807, 2.05) is 13.8 Å². The van der Waals surface area contributed by atoms with Gasteiger partial charge in [-0.2, -0.15) is 4.98 Å². The van der Waals surface area contributed by atoms with Crippen LogP contribution in [0.3, 0.4) is 0 Å². The zero-order valence-corrected chi connectivity index (χ0v) is 9.29. The Kier molecular flexibility index (Phi) is 4.60. The van der Waals surface area contributed by atoms with Gasteiger partial charge in [0.25, 0.3) is 0 Å². The fourth-order valence-electron chi connectivity index (χ4n) is 1.01. The lowest BCUT2D eigenvalue weighted by atomic mass is 10.3. The average molecular weight is 207 g/mol. The van der Waals surface area contributed by atoms with Crippen LogP contribution in [0.4, 0.5) is 5.82 Å². The highest BCUT2D eigenvalue weighted by atomic mass is 16.5. The predicted octanol–water partition coefficient (Wildman–Crippen LogP) is 2.25. The van der Waals surface area contributed by atoms with Crippen molar-refractivity contribution < 1.29 is 4.74 Å². The van der Waals surface area contributed by atoms with E-state index in [2.05, 4.69) is 21.9 Å². The van der Waals surface area contributed by atoms with Gasteiger partial charge in [0.2, 0.25) is 5.88 Å². The summed E-state index contributed by atoms with van der Waals surface area (Å²) in [4.78, 5) is 8.26. The van der Waals surface area contributed by atoms with E-state index in [9.17, 15) is 0 Å². The van der Waals surface area contributed by atoms with Crippen molar-refractivity contribution in [3.05, 3.63) is 24.5 Å². The minimum absolute atomic E-state index is 0.551. The van der Waals surface area contributed by atoms with Crippen LogP contribution in [0.1, 0.15) is 20.3 Å². The number of nitrogens with zero attached hydrogens (tertiary/aromatic N) is 2. The Morgan fingerprint density at radius 2 is 2.33 bits per heavy atom. The topological polar surface area (TPSA) is 47.0 Å². The summed E-state index contributed by atoms with van der Waals surface area (Å²) in [6.45, 7) is 9.21. The van der Waals surface area contributed by atoms with Gasteiger partial charge in [0, 0.05) is 13.0 Å². The normalized spacial score (nSPS) is 9.73. The Balaban J connectivity index is 2.46. The summed E-state index contributed by atoms with van der Waals surface area (Å²) in [5, 5.41) is 3.08. The SMILES string of the molecule is C=C(C)CCOc1cncc(NCC)n1. The van der Waals surface area contributed by atoms with E-state index in [0.717, 1.165) is 24.4 Å². The summed E-state index contributed by atoms with van der Waals surface area (Å²) in [5.74, 6) is 1.29. The van der Waals surface area contributed by atoms with Gasteiger partial charge in [0.15, 0.2) is 0 Å². The maximum atomic E-state index is 5.43. The van der Waals surface area contributed by atoms with Crippen molar-refractivity contribution in [2.24, 2.45) is 0 Å². The average Bonchev–Trinajstić information content (AvgIpc) is 2.18. The van der Waals surface area contributed by atoms with Crippen LogP contribution < -0.4 is 10.1 Å². The van der Waals surface area contributed by atoms with E-state index >= 15 is 0 Å². The summed E-state index contributed by atoms with van der Waals surface area (Å²) in [6, 6.07) is 0. The summed E-state index contributed by atoms with van der Waals surface area (Å²) < 4.78 is 5.43. The van der Waals surface area contributed by atoms with Gasteiger partial charge >= 0.3 is 0 Å². The largest absolute Gasteiger partial charge is 0.476 e. The lowest BCUT2D eigenvalue weighted by Crippen LogP contribution is -2.03. The van der Waals surface area contributed by atoms with Gasteiger partial charge in [0.05, 0.1) is 19.0 Å². The Morgan fingerprint density at radius 3 is 3.00 bits per heavy atom. The Labute approximate surface area is 90.4 Å². The molecular formula is C11H17N3O. The molecule has 0 saturated carbocycles. The van der Waals surface area contributed by atoms with Crippen LogP contribution in [0.15, 0.2) is 24.5 Å². The van der Waals surface area contributed by atoms with E-state index in [4.69, 9.17) is 4.74 Å². The molecule has 1 N–H and O–H groups in total. The van der Waals surface area contributed by atoms with Crippen molar-refractivity contribution in [3.63, 3.8) is 0 Å². The molecule has 0 fully saturated rings. The van der Waals surface area contributed by atoms with Crippen LogP contribution in [0.25, 0.3) is 0 Å². The minimum Gasteiger partial charge on any atom is -0.476 e. The van der Waals surface area contributed by atoms with Crippen molar-refractivity contribution in [3.8, 4) is 5.88 Å². The number of nitrogens with one attached hydrogen (secondary N) is 1. The first-order chi connectivity index (χ1) is 7.22. The second-order valence-electron chi connectivity index (χ2n) is 3.33. The molecule has 1 aromatic rings. The number of anilines is 1. The third-order valence-corrected chi connectivity index (χ3v) is 1.75.